The highest BCUT2D eigenvalue weighted by atomic mass is 16.5. The van der Waals surface area contributed by atoms with Gasteiger partial charge in [0.2, 0.25) is 0 Å². The van der Waals surface area contributed by atoms with Crippen LogP contribution < -0.4 is 4.74 Å². The number of rotatable bonds is 9. The Morgan fingerprint density at radius 2 is 1.94 bits per heavy atom. The fourth-order valence-electron chi connectivity index (χ4n) is 3.72. The Bertz CT molecular complexity index is 977. The number of aliphatic hydroxyl groups is 2. The molecule has 1 fully saturated rings. The average Bonchev–Trinajstić information content (AvgIpc) is 3.46. The van der Waals surface area contributed by atoms with Gasteiger partial charge in [-0.3, -0.25) is 4.90 Å². The first-order valence-corrected chi connectivity index (χ1v) is 10.2. The van der Waals surface area contributed by atoms with Crippen LogP contribution in [0.5, 0.6) is 5.88 Å². The van der Waals surface area contributed by atoms with Crippen molar-refractivity contribution in [2.75, 3.05) is 26.3 Å². The molecule has 1 aliphatic rings. The molecule has 4 rings (SSSR count). The highest BCUT2D eigenvalue weighted by Gasteiger charge is 2.34. The summed E-state index contributed by atoms with van der Waals surface area (Å²) in [5.41, 5.74) is 1.79. The van der Waals surface area contributed by atoms with Crippen LogP contribution in [0.4, 0.5) is 0 Å². The van der Waals surface area contributed by atoms with Crippen molar-refractivity contribution in [2.45, 2.75) is 25.4 Å². The maximum absolute atomic E-state index is 11.2. The minimum Gasteiger partial charge on any atom is -0.470 e. The molecule has 0 radical (unpaired) electrons. The Balaban J connectivity index is 1.70. The van der Waals surface area contributed by atoms with Gasteiger partial charge in [0, 0.05) is 18.7 Å². The molecule has 2 atom stereocenters. The molecule has 1 aliphatic heterocycles. The minimum atomic E-state index is -1.23. The lowest BCUT2D eigenvalue weighted by Gasteiger charge is -2.31. The quantitative estimate of drug-likeness (QED) is 0.504. The van der Waals surface area contributed by atoms with E-state index in [1.165, 1.54) is 6.26 Å². The van der Waals surface area contributed by atoms with E-state index in [2.05, 4.69) is 16.6 Å². The van der Waals surface area contributed by atoms with Crippen LogP contribution in [0.3, 0.4) is 0 Å². The lowest BCUT2D eigenvalue weighted by atomic mass is 10.0. The molecular weight excluding hydrogens is 400 g/mol. The van der Waals surface area contributed by atoms with Gasteiger partial charge in [-0.15, -0.1) is 6.58 Å². The molecule has 31 heavy (non-hydrogen) atoms. The first-order chi connectivity index (χ1) is 15.2. The van der Waals surface area contributed by atoms with Crippen LogP contribution >= 0.6 is 0 Å². The van der Waals surface area contributed by atoms with Crippen LogP contribution in [0, 0.1) is 0 Å². The Morgan fingerprint density at radius 3 is 2.65 bits per heavy atom. The van der Waals surface area contributed by atoms with Crippen LogP contribution in [-0.2, 0) is 18.0 Å². The van der Waals surface area contributed by atoms with Gasteiger partial charge >= 0.3 is 0 Å². The van der Waals surface area contributed by atoms with Gasteiger partial charge in [0.05, 0.1) is 37.7 Å². The van der Waals surface area contributed by atoms with Crippen molar-refractivity contribution in [1.82, 2.24) is 10.1 Å². The van der Waals surface area contributed by atoms with E-state index in [-0.39, 0.29) is 30.9 Å². The van der Waals surface area contributed by atoms with Crippen molar-refractivity contribution in [2.24, 2.45) is 0 Å². The third-order valence-electron chi connectivity index (χ3n) is 5.34. The van der Waals surface area contributed by atoms with Gasteiger partial charge in [-0.25, -0.2) is 0 Å². The van der Waals surface area contributed by atoms with Crippen molar-refractivity contribution in [3.8, 4) is 5.88 Å². The van der Waals surface area contributed by atoms with E-state index in [1.807, 2.05) is 30.3 Å². The number of hydrogen-bond donors (Lipinski definition) is 2. The molecule has 1 saturated heterocycles. The number of hydrogen-bond acceptors (Lipinski definition) is 8. The lowest BCUT2D eigenvalue weighted by Crippen LogP contribution is -2.38. The maximum atomic E-state index is 11.2. The molecule has 0 saturated carbocycles. The van der Waals surface area contributed by atoms with Gasteiger partial charge in [-0.2, -0.15) is 0 Å². The van der Waals surface area contributed by atoms with Crippen LogP contribution in [0.2, 0.25) is 0 Å². The zero-order valence-corrected chi connectivity index (χ0v) is 17.1. The second-order valence-electron chi connectivity index (χ2n) is 7.24. The predicted molar refractivity (Wildman–Crippen MR) is 111 cm³/mol. The van der Waals surface area contributed by atoms with E-state index in [0.717, 1.165) is 5.56 Å². The molecule has 0 aliphatic carbocycles. The number of furan rings is 1. The van der Waals surface area contributed by atoms with E-state index < -0.39 is 6.10 Å². The topological polar surface area (TPSA) is 101 Å². The molecular formula is C23H26N2O6. The first kappa shape index (κ1) is 21.3. The highest BCUT2D eigenvalue weighted by Crippen LogP contribution is 2.39. The number of ether oxygens (including phenoxy) is 2. The molecule has 3 aromatic rings. The summed E-state index contributed by atoms with van der Waals surface area (Å²) in [6.45, 7) is 6.52. The van der Waals surface area contributed by atoms with E-state index in [4.69, 9.17) is 18.4 Å². The number of aliphatic hydroxyl groups excluding tert-OH is 2. The Morgan fingerprint density at radius 1 is 1.16 bits per heavy atom. The van der Waals surface area contributed by atoms with Gasteiger partial charge in [-0.1, -0.05) is 36.4 Å². The van der Waals surface area contributed by atoms with E-state index in [1.54, 1.807) is 12.1 Å². The van der Waals surface area contributed by atoms with Gasteiger partial charge in [0.1, 0.15) is 18.5 Å². The van der Waals surface area contributed by atoms with Crippen LogP contribution in [0.1, 0.15) is 40.4 Å². The molecule has 3 heterocycles. The predicted octanol–water partition coefficient (Wildman–Crippen LogP) is 2.98. The Hall–Kier alpha value is -2.91. The molecule has 8 heteroatoms. The van der Waals surface area contributed by atoms with Gasteiger partial charge in [0.15, 0.2) is 5.76 Å². The van der Waals surface area contributed by atoms with Gasteiger partial charge in [0.25, 0.3) is 5.88 Å². The number of benzene rings is 1. The zero-order chi connectivity index (χ0) is 21.6. The summed E-state index contributed by atoms with van der Waals surface area (Å²) in [6, 6.07) is 10.9. The van der Waals surface area contributed by atoms with Gasteiger partial charge in [-0.05, 0) is 16.8 Å². The monoisotopic (exact) mass is 426 g/mol. The molecule has 1 unspecified atom stereocenters. The van der Waals surface area contributed by atoms with Crippen LogP contribution in [0.15, 0.2) is 64.3 Å². The van der Waals surface area contributed by atoms with Crippen molar-refractivity contribution in [1.29, 1.82) is 0 Å². The van der Waals surface area contributed by atoms with Crippen molar-refractivity contribution < 1.29 is 28.6 Å². The zero-order valence-electron chi connectivity index (χ0n) is 17.1. The van der Waals surface area contributed by atoms with Gasteiger partial charge < -0.3 is 28.6 Å². The molecule has 2 aromatic heterocycles. The minimum absolute atomic E-state index is 0.173. The molecule has 8 nitrogen and oxygen atoms in total. The molecule has 0 bridgehead atoms. The average molecular weight is 426 g/mol. The van der Waals surface area contributed by atoms with E-state index >= 15 is 0 Å². The molecule has 1 aromatic carbocycles. The number of aromatic nitrogens is 1. The summed E-state index contributed by atoms with van der Waals surface area (Å²) >= 11 is 0. The fraction of sp³-hybridized carbons (Fsp3) is 0.348. The number of morpholine rings is 1. The van der Waals surface area contributed by atoms with E-state index in [9.17, 15) is 10.2 Å². The molecule has 0 spiro atoms. The largest absolute Gasteiger partial charge is 0.470 e. The third-order valence-corrected chi connectivity index (χ3v) is 5.34. The summed E-state index contributed by atoms with van der Waals surface area (Å²) in [4.78, 5) is 2.14. The Kier molecular flexibility index (Phi) is 6.83. The lowest BCUT2D eigenvalue weighted by molar-refractivity contribution is 0.0200. The number of nitrogens with zero attached hydrogens (tertiary/aromatic N) is 2. The van der Waals surface area contributed by atoms with E-state index in [0.29, 0.717) is 43.2 Å². The molecule has 164 valence electrons. The maximum Gasteiger partial charge on any atom is 0.261 e. The third kappa shape index (κ3) is 4.57. The first-order valence-electron chi connectivity index (χ1n) is 10.2. The summed E-state index contributed by atoms with van der Waals surface area (Å²) in [6.07, 6.45) is 1.94. The van der Waals surface area contributed by atoms with Crippen molar-refractivity contribution in [3.63, 3.8) is 0 Å². The normalized spacial score (nSPS) is 16.7. The standard InChI is InChI=1S/C23H26N2O6/c1-2-18(25-9-12-28-13-10-25)22-19(20(27)21-17(14-26)8-11-29-21)23(24-31-22)30-15-16-6-4-3-5-7-16/h2-8,11,18,20,26-27H,1,9-10,12-15H2/t18-,20?/m0/s1. The highest BCUT2D eigenvalue weighted by molar-refractivity contribution is 5.40. The van der Waals surface area contributed by atoms with Crippen molar-refractivity contribution in [3.05, 3.63) is 83.5 Å². The second kappa shape index (κ2) is 9.93. The Labute approximate surface area is 180 Å². The van der Waals surface area contributed by atoms with Crippen molar-refractivity contribution >= 4 is 0 Å². The smallest absolute Gasteiger partial charge is 0.261 e. The summed E-state index contributed by atoms with van der Waals surface area (Å²) in [7, 11) is 0. The van der Waals surface area contributed by atoms with Crippen LogP contribution in [0.25, 0.3) is 0 Å². The SMILES string of the molecule is C=C[C@@H](c1onc(OCc2ccccc2)c1C(O)c1occc1CO)N1CCOCC1. The van der Waals surface area contributed by atoms with Crippen LogP contribution in [-0.4, -0.2) is 46.6 Å². The summed E-state index contributed by atoms with van der Waals surface area (Å²) in [5.74, 6) is 0.820. The molecule has 0 amide bonds. The summed E-state index contributed by atoms with van der Waals surface area (Å²) < 4.78 is 22.6. The molecule has 2 N–H and O–H groups in total. The second-order valence-corrected chi connectivity index (χ2v) is 7.24. The summed E-state index contributed by atoms with van der Waals surface area (Å²) in [5, 5.41) is 25.0. The fourth-order valence-corrected chi connectivity index (χ4v) is 3.72.